The van der Waals surface area contributed by atoms with Crippen molar-refractivity contribution < 1.29 is 4.74 Å². The third kappa shape index (κ3) is 6.68. The normalized spacial score (nSPS) is 23.8. The molecule has 0 radical (unpaired) electrons. The van der Waals surface area contributed by atoms with Crippen LogP contribution in [0.3, 0.4) is 0 Å². The minimum atomic E-state index is 0.565. The first kappa shape index (κ1) is 15.3. The zero-order valence-corrected chi connectivity index (χ0v) is 12.5. The van der Waals surface area contributed by atoms with Gasteiger partial charge in [0.25, 0.3) is 0 Å². The maximum Gasteiger partial charge on any atom is 0.0576 e. The van der Waals surface area contributed by atoms with E-state index in [1.807, 2.05) is 0 Å². The van der Waals surface area contributed by atoms with Gasteiger partial charge in [0.05, 0.1) is 6.10 Å². The van der Waals surface area contributed by atoms with Gasteiger partial charge in [0.2, 0.25) is 0 Å². The van der Waals surface area contributed by atoms with Crippen molar-refractivity contribution in [3.05, 3.63) is 0 Å². The predicted molar refractivity (Wildman–Crippen MR) is 77.9 cm³/mol. The molecule has 3 unspecified atom stereocenters. The Labute approximate surface area is 111 Å². The fourth-order valence-corrected chi connectivity index (χ4v) is 3.30. The Morgan fingerprint density at radius 3 is 2.88 bits per heavy atom. The van der Waals surface area contributed by atoms with Crippen molar-refractivity contribution in [2.45, 2.75) is 69.8 Å². The molecular weight excluding hydrogens is 230 g/mol. The molecule has 1 aliphatic heterocycles. The Morgan fingerprint density at radius 1 is 1.47 bits per heavy atom. The van der Waals surface area contributed by atoms with E-state index in [4.69, 9.17) is 4.74 Å². The first-order valence-corrected chi connectivity index (χ1v) is 8.21. The summed E-state index contributed by atoms with van der Waals surface area (Å²) in [5, 5.41) is 4.24. The first-order valence-electron chi connectivity index (χ1n) is 7.16. The maximum atomic E-state index is 5.66. The minimum absolute atomic E-state index is 0.565. The number of hydrogen-bond donors (Lipinski definition) is 1. The van der Waals surface area contributed by atoms with E-state index in [9.17, 15) is 0 Å². The number of nitrogens with one attached hydrogen (secondary N) is 1. The zero-order chi connectivity index (χ0) is 12.5. The molecule has 0 saturated carbocycles. The van der Waals surface area contributed by atoms with Gasteiger partial charge in [-0.2, -0.15) is 11.8 Å². The van der Waals surface area contributed by atoms with E-state index in [0.717, 1.165) is 11.9 Å². The molecule has 102 valence electrons. The van der Waals surface area contributed by atoms with Crippen molar-refractivity contribution in [2.75, 3.05) is 19.4 Å². The average molecular weight is 259 g/mol. The molecule has 3 atom stereocenters. The van der Waals surface area contributed by atoms with Gasteiger partial charge in [-0.05, 0) is 45.6 Å². The highest BCUT2D eigenvalue weighted by Gasteiger charge is 2.16. The highest BCUT2D eigenvalue weighted by atomic mass is 32.2. The summed E-state index contributed by atoms with van der Waals surface area (Å²) in [7, 11) is 2.09. The van der Waals surface area contributed by atoms with Gasteiger partial charge < -0.3 is 10.1 Å². The van der Waals surface area contributed by atoms with Gasteiger partial charge in [-0.3, -0.25) is 0 Å². The molecule has 0 aromatic rings. The molecular formula is C14H29NOS. The first-order chi connectivity index (χ1) is 8.26. The number of ether oxygens (including phenoxy) is 1. The van der Waals surface area contributed by atoms with Crippen LogP contribution < -0.4 is 5.32 Å². The van der Waals surface area contributed by atoms with Crippen LogP contribution in [0.15, 0.2) is 0 Å². The Balaban J connectivity index is 2.04. The van der Waals surface area contributed by atoms with Crippen LogP contribution in [0.5, 0.6) is 0 Å². The number of hydrogen-bond acceptors (Lipinski definition) is 3. The second kappa shape index (κ2) is 9.23. The van der Waals surface area contributed by atoms with E-state index in [1.165, 1.54) is 44.3 Å². The quantitative estimate of drug-likeness (QED) is 0.685. The average Bonchev–Trinajstić information content (AvgIpc) is 2.86. The largest absolute Gasteiger partial charge is 0.378 e. The molecule has 1 saturated heterocycles. The molecule has 1 fully saturated rings. The van der Waals surface area contributed by atoms with Gasteiger partial charge >= 0.3 is 0 Å². The number of rotatable bonds is 9. The molecule has 1 N–H and O–H groups in total. The summed E-state index contributed by atoms with van der Waals surface area (Å²) in [5.74, 6) is 1.25. The van der Waals surface area contributed by atoms with E-state index in [-0.39, 0.29) is 0 Å². The van der Waals surface area contributed by atoms with Crippen LogP contribution in [0.2, 0.25) is 0 Å². The Bertz CT molecular complexity index is 183. The Kier molecular flexibility index (Phi) is 8.33. The topological polar surface area (TPSA) is 21.3 Å². The van der Waals surface area contributed by atoms with Crippen molar-refractivity contribution in [3.63, 3.8) is 0 Å². The van der Waals surface area contributed by atoms with Crippen molar-refractivity contribution >= 4 is 11.8 Å². The molecule has 3 heteroatoms. The molecule has 17 heavy (non-hydrogen) atoms. The lowest BCUT2D eigenvalue weighted by molar-refractivity contribution is 0.101. The molecule has 0 aliphatic carbocycles. The molecule has 0 amide bonds. The molecule has 0 aromatic heterocycles. The predicted octanol–water partition coefficient (Wildman–Crippen LogP) is 3.46. The van der Waals surface area contributed by atoms with Gasteiger partial charge in [-0.15, -0.1) is 0 Å². The van der Waals surface area contributed by atoms with Crippen LogP contribution in [0.1, 0.15) is 52.4 Å². The fraction of sp³-hybridized carbons (Fsp3) is 1.00. The minimum Gasteiger partial charge on any atom is -0.378 e. The molecule has 0 aromatic carbocycles. The molecule has 1 rings (SSSR count). The third-order valence-electron chi connectivity index (χ3n) is 3.67. The van der Waals surface area contributed by atoms with Crippen LogP contribution in [0.4, 0.5) is 0 Å². The molecule has 0 bridgehead atoms. The van der Waals surface area contributed by atoms with Gasteiger partial charge in [0, 0.05) is 23.7 Å². The van der Waals surface area contributed by atoms with Gasteiger partial charge in [0.1, 0.15) is 0 Å². The Morgan fingerprint density at radius 2 is 2.29 bits per heavy atom. The maximum absolute atomic E-state index is 5.66. The summed E-state index contributed by atoms with van der Waals surface area (Å²) in [4.78, 5) is 0. The highest BCUT2D eigenvalue weighted by molar-refractivity contribution is 7.99. The van der Waals surface area contributed by atoms with Crippen molar-refractivity contribution in [2.24, 2.45) is 0 Å². The SMILES string of the molecule is CCC(C)SCC(CCCC1CCCO1)NC. The zero-order valence-electron chi connectivity index (χ0n) is 11.7. The van der Waals surface area contributed by atoms with E-state index >= 15 is 0 Å². The Hall–Kier alpha value is 0.270. The summed E-state index contributed by atoms with van der Waals surface area (Å²) in [6.07, 6.45) is 8.24. The summed E-state index contributed by atoms with van der Waals surface area (Å²) >= 11 is 2.10. The van der Waals surface area contributed by atoms with Crippen molar-refractivity contribution in [3.8, 4) is 0 Å². The monoisotopic (exact) mass is 259 g/mol. The van der Waals surface area contributed by atoms with Crippen LogP contribution >= 0.6 is 11.8 Å². The summed E-state index contributed by atoms with van der Waals surface area (Å²) in [6, 6.07) is 0.676. The van der Waals surface area contributed by atoms with Crippen LogP contribution in [0, 0.1) is 0 Å². The molecule has 2 nitrogen and oxygen atoms in total. The lowest BCUT2D eigenvalue weighted by Crippen LogP contribution is -2.28. The van der Waals surface area contributed by atoms with E-state index in [1.54, 1.807) is 0 Å². The molecule has 1 heterocycles. The fourth-order valence-electron chi connectivity index (χ4n) is 2.17. The molecule has 1 aliphatic rings. The smallest absolute Gasteiger partial charge is 0.0576 e. The van der Waals surface area contributed by atoms with Gasteiger partial charge in [0.15, 0.2) is 0 Å². The van der Waals surface area contributed by atoms with Crippen LogP contribution in [0.25, 0.3) is 0 Å². The highest BCUT2D eigenvalue weighted by Crippen LogP contribution is 2.20. The van der Waals surface area contributed by atoms with E-state index in [2.05, 4.69) is 38.0 Å². The van der Waals surface area contributed by atoms with Gasteiger partial charge in [-0.25, -0.2) is 0 Å². The van der Waals surface area contributed by atoms with Gasteiger partial charge in [-0.1, -0.05) is 13.8 Å². The summed E-state index contributed by atoms with van der Waals surface area (Å²) in [6.45, 7) is 5.58. The second-order valence-corrected chi connectivity index (χ2v) is 6.58. The second-order valence-electron chi connectivity index (χ2n) is 5.10. The van der Waals surface area contributed by atoms with E-state index in [0.29, 0.717) is 12.1 Å². The van der Waals surface area contributed by atoms with Crippen molar-refractivity contribution in [1.82, 2.24) is 5.32 Å². The lowest BCUT2D eigenvalue weighted by atomic mass is 10.1. The van der Waals surface area contributed by atoms with Crippen LogP contribution in [-0.4, -0.2) is 36.8 Å². The van der Waals surface area contributed by atoms with Crippen LogP contribution in [-0.2, 0) is 4.74 Å². The number of thioether (sulfide) groups is 1. The summed E-state index contributed by atoms with van der Waals surface area (Å²) in [5.41, 5.74) is 0. The third-order valence-corrected chi connectivity index (χ3v) is 5.16. The van der Waals surface area contributed by atoms with E-state index < -0.39 is 0 Å². The molecule has 0 spiro atoms. The van der Waals surface area contributed by atoms with Crippen molar-refractivity contribution in [1.29, 1.82) is 0 Å². The standard InChI is InChI=1S/C14H29NOS/c1-4-12(2)17-11-13(15-3)7-5-8-14-9-6-10-16-14/h12-15H,4-11H2,1-3H3. The summed E-state index contributed by atoms with van der Waals surface area (Å²) < 4.78 is 5.66. The lowest BCUT2D eigenvalue weighted by Gasteiger charge is -2.18.